The third-order valence-corrected chi connectivity index (χ3v) is 6.63. The van der Waals surface area contributed by atoms with Crippen molar-refractivity contribution >= 4 is 38.9 Å². The van der Waals surface area contributed by atoms with Crippen molar-refractivity contribution in [3.05, 3.63) is 121 Å². The molecule has 0 N–H and O–H groups in total. The van der Waals surface area contributed by atoms with Gasteiger partial charge in [-0.05, 0) is 61.9 Å². The van der Waals surface area contributed by atoms with Crippen LogP contribution in [-0.4, -0.2) is 19.2 Å². The van der Waals surface area contributed by atoms with E-state index in [2.05, 4.69) is 82.0 Å². The third-order valence-electron chi connectivity index (χ3n) is 6.63. The molecule has 0 spiro atoms. The maximum Gasteiger partial charge on any atom is 0.254 e. The first-order valence-electron chi connectivity index (χ1n) is 13.4. The van der Waals surface area contributed by atoms with Gasteiger partial charge in [-0.15, -0.1) is 0 Å². The minimum atomic E-state index is 0.827. The molecule has 0 bridgehead atoms. The molecule has 0 saturated heterocycles. The summed E-state index contributed by atoms with van der Waals surface area (Å²) in [6, 6.07) is 30.7. The number of nitrogens with zero attached hydrogens (tertiary/aromatic N) is 3. The average Bonchev–Trinajstić information content (AvgIpc) is 3.01. The van der Waals surface area contributed by atoms with Crippen LogP contribution in [-0.2, 0) is 13.5 Å². The van der Waals surface area contributed by atoms with Crippen LogP contribution < -0.4 is 18.6 Å². The lowest BCUT2D eigenvalue weighted by atomic mass is 10.1. The molecule has 3 heterocycles. The summed E-state index contributed by atoms with van der Waals surface area (Å²) in [5.74, 6) is 1.74. The van der Waals surface area contributed by atoms with Gasteiger partial charge in [-0.2, -0.15) is 9.13 Å². The molecule has 3 aromatic heterocycles. The summed E-state index contributed by atoms with van der Waals surface area (Å²) in [6.07, 6.45) is 11.1. The minimum absolute atomic E-state index is 0.827. The number of hydrogen-bond donors (Lipinski definition) is 0. The van der Waals surface area contributed by atoms with Crippen molar-refractivity contribution in [1.82, 2.24) is 4.98 Å². The molecule has 3 aromatic carbocycles. The molecule has 0 aliphatic rings. The second-order valence-electron chi connectivity index (χ2n) is 9.16. The molecule has 0 fully saturated rings. The topological polar surface area (TPSA) is 39.1 Å². The average molecular weight is 532 g/mol. The molecule has 0 amide bonds. The van der Waals surface area contributed by atoms with E-state index in [4.69, 9.17) is 9.47 Å². The number of allylic oxidation sites excluding steroid dienone is 1. The molecule has 5 heteroatoms. The van der Waals surface area contributed by atoms with Gasteiger partial charge in [-0.25, -0.2) is 0 Å². The van der Waals surface area contributed by atoms with Gasteiger partial charge in [0.15, 0.2) is 24.3 Å². The van der Waals surface area contributed by atoms with Gasteiger partial charge >= 0.3 is 0 Å². The molecule has 0 saturated carbocycles. The van der Waals surface area contributed by atoms with E-state index in [1.54, 1.807) is 20.4 Å². The number of methoxy groups -OCH3 is 2. The molecule has 40 heavy (non-hydrogen) atoms. The van der Waals surface area contributed by atoms with E-state index in [-0.39, 0.29) is 0 Å². The predicted octanol–water partition coefficient (Wildman–Crippen LogP) is 7.10. The van der Waals surface area contributed by atoms with Crippen LogP contribution in [0.15, 0.2) is 116 Å². The summed E-state index contributed by atoms with van der Waals surface area (Å²) in [5.41, 5.74) is 4.77. The Kier molecular flexibility index (Phi) is 9.78. The number of hydrogen-bond acceptors (Lipinski definition) is 3. The molecule has 0 atom stereocenters. The number of rotatable bonds is 4. The fourth-order valence-corrected chi connectivity index (χ4v) is 4.75. The highest BCUT2D eigenvalue weighted by atomic mass is 16.5. The lowest BCUT2D eigenvalue weighted by Crippen LogP contribution is -2.28. The fourth-order valence-electron chi connectivity index (χ4n) is 4.75. The molecule has 0 unspecified atom stereocenters. The Labute approximate surface area is 236 Å². The quantitative estimate of drug-likeness (QED) is 0.228. The van der Waals surface area contributed by atoms with E-state index in [0.29, 0.717) is 0 Å². The van der Waals surface area contributed by atoms with Crippen molar-refractivity contribution in [3.63, 3.8) is 0 Å². The Morgan fingerprint density at radius 2 is 1.30 bits per heavy atom. The summed E-state index contributed by atoms with van der Waals surface area (Å²) in [7, 11) is 5.37. The second kappa shape index (κ2) is 13.9. The van der Waals surface area contributed by atoms with Crippen molar-refractivity contribution in [2.24, 2.45) is 7.05 Å². The van der Waals surface area contributed by atoms with Gasteiger partial charge in [0.05, 0.1) is 19.6 Å². The van der Waals surface area contributed by atoms with Gasteiger partial charge in [0.25, 0.3) is 5.52 Å². The maximum atomic E-state index is 5.29. The van der Waals surface area contributed by atoms with E-state index in [1.807, 2.05) is 68.7 Å². The molecule has 6 aromatic rings. The first-order valence-corrected chi connectivity index (χ1v) is 13.4. The SMILES string of the molecule is C/C=C/[n+]1cccc2cccc(CC)c21.COc1cccc2ccc[n+](C)c12.COc1cccc2cccnc12. The van der Waals surface area contributed by atoms with E-state index in [9.17, 15) is 0 Å². The Balaban J connectivity index is 0.000000140. The van der Waals surface area contributed by atoms with E-state index in [0.717, 1.165) is 34.3 Å². The molecule has 0 aliphatic carbocycles. The van der Waals surface area contributed by atoms with Crippen LogP contribution in [0.25, 0.3) is 38.9 Å². The van der Waals surface area contributed by atoms with E-state index < -0.39 is 0 Å². The van der Waals surface area contributed by atoms with Crippen molar-refractivity contribution in [3.8, 4) is 11.5 Å². The summed E-state index contributed by atoms with van der Waals surface area (Å²) in [5, 5.41) is 3.61. The first kappa shape index (κ1) is 28.2. The van der Waals surface area contributed by atoms with Gasteiger partial charge in [-0.3, -0.25) is 4.98 Å². The molecular weight excluding hydrogens is 494 g/mol. The van der Waals surface area contributed by atoms with Gasteiger partial charge < -0.3 is 9.47 Å². The predicted molar refractivity (Wildman–Crippen MR) is 164 cm³/mol. The molecule has 0 radical (unpaired) electrons. The number of aromatic nitrogens is 3. The third kappa shape index (κ3) is 6.44. The van der Waals surface area contributed by atoms with Crippen LogP contribution in [0.4, 0.5) is 0 Å². The van der Waals surface area contributed by atoms with Crippen molar-refractivity contribution in [2.75, 3.05) is 14.2 Å². The zero-order chi connectivity index (χ0) is 28.3. The summed E-state index contributed by atoms with van der Waals surface area (Å²) >= 11 is 0. The van der Waals surface area contributed by atoms with Crippen LogP contribution in [0.3, 0.4) is 0 Å². The minimum Gasteiger partial charge on any atom is -0.494 e. The number of ether oxygens (including phenoxy) is 2. The fraction of sp³-hybridized carbons (Fsp3) is 0.171. The lowest BCUT2D eigenvalue weighted by Gasteiger charge is -2.02. The number of pyridine rings is 3. The van der Waals surface area contributed by atoms with E-state index in [1.165, 1.54) is 21.9 Å². The number of para-hydroxylation sites is 3. The van der Waals surface area contributed by atoms with Crippen LogP contribution in [0, 0.1) is 0 Å². The summed E-state index contributed by atoms with van der Waals surface area (Å²) in [4.78, 5) is 4.23. The standard InChI is InChI=1S/C14H16N.C11H12NO.C10H9NO/c1-3-10-15-11-6-9-13-8-5-7-12(4-2)14(13)15;1-12-8-4-6-9-5-3-7-10(13-2)11(9)12;1-12-9-6-2-4-8-5-3-7-11-10(8)9/h3,5-11H,4H2,1-2H3;3-8H,1-2H3;2-7H,1H3/q2*+1;/b10-3+;;. The second-order valence-corrected chi connectivity index (χ2v) is 9.16. The number of fused-ring (bicyclic) bond motifs is 3. The highest BCUT2D eigenvalue weighted by Gasteiger charge is 2.10. The van der Waals surface area contributed by atoms with Crippen LogP contribution in [0.2, 0.25) is 0 Å². The maximum absolute atomic E-state index is 5.29. The monoisotopic (exact) mass is 531 g/mol. The summed E-state index contributed by atoms with van der Waals surface area (Å²) < 4.78 is 14.7. The van der Waals surface area contributed by atoms with Gasteiger partial charge in [0, 0.05) is 34.7 Å². The zero-order valence-corrected chi connectivity index (χ0v) is 23.9. The smallest absolute Gasteiger partial charge is 0.254 e. The normalized spacial score (nSPS) is 10.6. The van der Waals surface area contributed by atoms with Crippen LogP contribution in [0.1, 0.15) is 19.4 Å². The lowest BCUT2D eigenvalue weighted by molar-refractivity contribution is -0.645. The Bertz CT molecular complexity index is 1730. The molecular formula is C35H37N3O2+2. The molecule has 5 nitrogen and oxygen atoms in total. The highest BCUT2D eigenvalue weighted by Crippen LogP contribution is 2.22. The Morgan fingerprint density at radius 1 is 0.700 bits per heavy atom. The van der Waals surface area contributed by atoms with Crippen molar-refractivity contribution < 1.29 is 18.6 Å². The van der Waals surface area contributed by atoms with Gasteiger partial charge in [0.2, 0.25) is 5.52 Å². The molecule has 6 rings (SSSR count). The number of aryl methyl sites for hydroxylation is 2. The van der Waals surface area contributed by atoms with Crippen LogP contribution in [0.5, 0.6) is 11.5 Å². The molecule has 202 valence electrons. The van der Waals surface area contributed by atoms with Crippen LogP contribution >= 0.6 is 0 Å². The van der Waals surface area contributed by atoms with Crippen molar-refractivity contribution in [2.45, 2.75) is 20.3 Å². The van der Waals surface area contributed by atoms with Gasteiger partial charge in [-0.1, -0.05) is 43.3 Å². The zero-order valence-electron chi connectivity index (χ0n) is 23.9. The Hall–Kier alpha value is -4.77. The van der Waals surface area contributed by atoms with E-state index >= 15 is 0 Å². The molecule has 0 aliphatic heterocycles. The highest BCUT2D eigenvalue weighted by molar-refractivity contribution is 5.84. The first-order chi connectivity index (χ1) is 19.6. The van der Waals surface area contributed by atoms with Gasteiger partial charge in [0.1, 0.15) is 18.3 Å². The number of benzene rings is 3. The van der Waals surface area contributed by atoms with Crippen molar-refractivity contribution in [1.29, 1.82) is 0 Å². The Morgan fingerprint density at radius 3 is 2.00 bits per heavy atom. The largest absolute Gasteiger partial charge is 0.494 e. The summed E-state index contributed by atoms with van der Waals surface area (Å²) in [6.45, 7) is 4.24.